The fraction of sp³-hybridized carbons (Fsp3) is 0.609. The Balaban J connectivity index is 1.13. The van der Waals surface area contributed by atoms with Crippen molar-refractivity contribution in [2.45, 2.75) is 123 Å². The van der Waals surface area contributed by atoms with Gasteiger partial charge < -0.3 is 5.73 Å². The second kappa shape index (κ2) is 16.8. The van der Waals surface area contributed by atoms with Crippen LogP contribution in [0.15, 0.2) is 107 Å². The zero-order valence-corrected chi connectivity index (χ0v) is 30.0. The van der Waals surface area contributed by atoms with Crippen molar-refractivity contribution in [1.29, 1.82) is 0 Å². The summed E-state index contributed by atoms with van der Waals surface area (Å²) in [7, 11) is 0. The molecule has 0 aromatic rings. The van der Waals surface area contributed by atoms with Crippen molar-refractivity contribution in [2.24, 2.45) is 59.0 Å². The second-order valence-electron chi connectivity index (χ2n) is 16.1. The van der Waals surface area contributed by atoms with Gasteiger partial charge in [-0.2, -0.15) is 0 Å². The number of fused-ring (bicyclic) bond motifs is 1. The highest BCUT2D eigenvalue weighted by atomic mass is 14.6. The molecule has 10 unspecified atom stereocenters. The zero-order chi connectivity index (χ0) is 32.6. The molecule has 0 fully saturated rings. The van der Waals surface area contributed by atoms with Crippen LogP contribution >= 0.6 is 0 Å². The topological polar surface area (TPSA) is 26.0 Å². The van der Waals surface area contributed by atoms with E-state index in [1.165, 1.54) is 95.5 Å². The summed E-state index contributed by atoms with van der Waals surface area (Å²) >= 11 is 0. The monoisotopic (exact) mass is 632 g/mol. The first-order valence-corrected chi connectivity index (χ1v) is 19.9. The Kier molecular flexibility index (Phi) is 12.3. The van der Waals surface area contributed by atoms with Crippen molar-refractivity contribution in [2.75, 3.05) is 0 Å². The third kappa shape index (κ3) is 8.62. The van der Waals surface area contributed by atoms with Gasteiger partial charge in [-0.25, -0.2) is 0 Å². The largest absolute Gasteiger partial charge is 0.327 e. The van der Waals surface area contributed by atoms with Crippen molar-refractivity contribution in [3.8, 4) is 0 Å². The van der Waals surface area contributed by atoms with Gasteiger partial charge in [0.25, 0.3) is 0 Å². The lowest BCUT2D eigenvalue weighted by Crippen LogP contribution is -2.39. The average Bonchev–Trinajstić information content (AvgIpc) is 3.14. The minimum atomic E-state index is 0.301. The predicted octanol–water partition coefficient (Wildman–Crippen LogP) is 12.3. The highest BCUT2D eigenvalue weighted by Crippen LogP contribution is 2.51. The second-order valence-corrected chi connectivity index (χ2v) is 16.1. The van der Waals surface area contributed by atoms with Gasteiger partial charge >= 0.3 is 0 Å². The van der Waals surface area contributed by atoms with Crippen molar-refractivity contribution in [1.82, 2.24) is 0 Å². The number of hydrogen-bond acceptors (Lipinski definition) is 1. The molecule has 6 aliphatic carbocycles. The fourth-order valence-corrected chi connectivity index (χ4v) is 10.1. The van der Waals surface area contributed by atoms with Gasteiger partial charge in [-0.3, -0.25) is 0 Å². The molecule has 0 spiro atoms. The molecule has 1 heteroatoms. The Hall–Kier alpha value is -2.38. The Morgan fingerprint density at radius 3 is 2.55 bits per heavy atom. The summed E-state index contributed by atoms with van der Waals surface area (Å²) < 4.78 is 0. The van der Waals surface area contributed by atoms with Crippen LogP contribution in [0, 0.1) is 53.3 Å². The quantitative estimate of drug-likeness (QED) is 0.213. The molecule has 2 N–H and O–H groups in total. The van der Waals surface area contributed by atoms with Gasteiger partial charge in [-0.1, -0.05) is 116 Å². The van der Waals surface area contributed by atoms with Crippen LogP contribution in [0.2, 0.25) is 0 Å². The van der Waals surface area contributed by atoms with Gasteiger partial charge in [0.15, 0.2) is 0 Å². The van der Waals surface area contributed by atoms with E-state index in [1.54, 1.807) is 16.7 Å². The zero-order valence-electron chi connectivity index (χ0n) is 30.0. The molecule has 0 saturated carbocycles. The maximum absolute atomic E-state index is 6.85. The molecule has 0 amide bonds. The van der Waals surface area contributed by atoms with Crippen LogP contribution in [0.25, 0.3) is 0 Å². The summed E-state index contributed by atoms with van der Waals surface area (Å²) in [4.78, 5) is 0. The van der Waals surface area contributed by atoms with Crippen molar-refractivity contribution in [3.05, 3.63) is 107 Å². The van der Waals surface area contributed by atoms with E-state index in [1.807, 2.05) is 0 Å². The highest BCUT2D eigenvalue weighted by Gasteiger charge is 2.43. The summed E-state index contributed by atoms with van der Waals surface area (Å²) in [6.07, 6.45) is 53.9. The SMILES string of the molecule is C/C=C(/CCCC(N)C1C=CC(C2C=CC(C3C=C(C4=CCCC=C4)CC(C4=CC=CCC4)C3)C3C=CCCC23)CC1)CC(C)CC. The molecule has 0 aromatic carbocycles. The molecule has 47 heavy (non-hydrogen) atoms. The van der Waals surface area contributed by atoms with E-state index < -0.39 is 0 Å². The molecule has 6 rings (SSSR count). The normalized spacial score (nSPS) is 35.1. The third-order valence-electron chi connectivity index (χ3n) is 13.1. The van der Waals surface area contributed by atoms with E-state index in [0.29, 0.717) is 47.5 Å². The predicted molar refractivity (Wildman–Crippen MR) is 204 cm³/mol. The summed E-state index contributed by atoms with van der Waals surface area (Å²) in [5, 5.41) is 0. The molecule has 0 bridgehead atoms. The average molecular weight is 632 g/mol. The highest BCUT2D eigenvalue weighted by molar-refractivity contribution is 5.44. The van der Waals surface area contributed by atoms with Crippen molar-refractivity contribution >= 4 is 0 Å². The Bertz CT molecular complexity index is 1320. The van der Waals surface area contributed by atoms with E-state index in [-0.39, 0.29) is 0 Å². The van der Waals surface area contributed by atoms with Crippen LogP contribution in [-0.2, 0) is 0 Å². The molecular weight excluding hydrogens is 567 g/mol. The Morgan fingerprint density at radius 2 is 1.81 bits per heavy atom. The number of allylic oxidation sites excluding steroid dienone is 17. The van der Waals surface area contributed by atoms with Crippen molar-refractivity contribution in [3.63, 3.8) is 0 Å². The first-order chi connectivity index (χ1) is 23.0. The van der Waals surface area contributed by atoms with Crippen LogP contribution < -0.4 is 5.73 Å². The lowest BCUT2D eigenvalue weighted by Gasteiger charge is -2.47. The number of hydrogen-bond donors (Lipinski definition) is 1. The molecule has 0 aliphatic heterocycles. The van der Waals surface area contributed by atoms with Gasteiger partial charge in [0.2, 0.25) is 0 Å². The molecule has 1 nitrogen and oxygen atoms in total. The van der Waals surface area contributed by atoms with Gasteiger partial charge in [-0.15, -0.1) is 0 Å². The maximum Gasteiger partial charge on any atom is 0.0102 e. The lowest BCUT2D eigenvalue weighted by molar-refractivity contribution is 0.142. The first-order valence-electron chi connectivity index (χ1n) is 19.9. The molecule has 0 saturated heterocycles. The molecule has 0 aromatic heterocycles. The number of nitrogens with two attached hydrogens (primary N) is 1. The molecule has 0 heterocycles. The fourth-order valence-electron chi connectivity index (χ4n) is 10.1. The van der Waals surface area contributed by atoms with Gasteiger partial charge in [0.1, 0.15) is 0 Å². The summed E-state index contributed by atoms with van der Waals surface area (Å²) in [5.41, 5.74) is 13.3. The first kappa shape index (κ1) is 34.5. The lowest BCUT2D eigenvalue weighted by atomic mass is 9.58. The molecule has 10 atom stereocenters. The van der Waals surface area contributed by atoms with Crippen LogP contribution in [0.5, 0.6) is 0 Å². The van der Waals surface area contributed by atoms with E-state index in [4.69, 9.17) is 5.73 Å². The standard InChI is InChI=1S/C46H65N/c1-4-33(3)29-34(5-2)15-14-22-46(47)38-25-23-37(24-26-38)42-27-28-43(45-21-13-12-20-44(42)45)41-31-39(35-16-8-6-9-17-35)30-40(32-41)36-18-10-7-11-19-36/h5-6,8,10,13,16,18-19,21,23,25,27-28,32-33,37-39,41-46H,4,7,9,11-12,14-15,17,20,22,24,26,29-31,47H2,1-3H3/b34-5-. The van der Waals surface area contributed by atoms with Crippen LogP contribution in [0.1, 0.15) is 117 Å². The summed E-state index contributed by atoms with van der Waals surface area (Å²) in [6.45, 7) is 6.91. The van der Waals surface area contributed by atoms with Gasteiger partial charge in [-0.05, 0) is 161 Å². The van der Waals surface area contributed by atoms with Gasteiger partial charge in [0, 0.05) is 6.04 Å². The minimum absolute atomic E-state index is 0.301. The molecule has 254 valence electrons. The van der Waals surface area contributed by atoms with E-state index >= 15 is 0 Å². The van der Waals surface area contributed by atoms with Gasteiger partial charge in [0.05, 0.1) is 0 Å². The van der Waals surface area contributed by atoms with Crippen LogP contribution in [-0.4, -0.2) is 6.04 Å². The summed E-state index contributed by atoms with van der Waals surface area (Å²) in [6, 6.07) is 0.301. The van der Waals surface area contributed by atoms with Crippen LogP contribution in [0.3, 0.4) is 0 Å². The molecular formula is C46H65N. The van der Waals surface area contributed by atoms with Crippen molar-refractivity contribution < 1.29 is 0 Å². The van der Waals surface area contributed by atoms with E-state index in [0.717, 1.165) is 18.3 Å². The third-order valence-corrected chi connectivity index (χ3v) is 13.1. The Morgan fingerprint density at radius 1 is 0.915 bits per heavy atom. The van der Waals surface area contributed by atoms with Crippen LogP contribution in [0.4, 0.5) is 0 Å². The molecule has 6 aliphatic rings. The smallest absolute Gasteiger partial charge is 0.0102 e. The van der Waals surface area contributed by atoms with E-state index in [9.17, 15) is 0 Å². The molecule has 0 radical (unpaired) electrons. The van der Waals surface area contributed by atoms with E-state index in [2.05, 4.69) is 106 Å². The summed E-state index contributed by atoms with van der Waals surface area (Å²) in [5.74, 6) is 6.04. The maximum atomic E-state index is 6.85. The number of rotatable bonds is 12. The minimum Gasteiger partial charge on any atom is -0.327 e. The Labute approximate surface area is 288 Å².